The summed E-state index contributed by atoms with van der Waals surface area (Å²) in [6.07, 6.45) is 2.01. The Morgan fingerprint density at radius 3 is 2.86 bits per heavy atom. The number of carbonyl (C=O) groups is 1. The lowest BCUT2D eigenvalue weighted by Gasteiger charge is -2.05. The average molecular weight is 227 g/mol. The molecule has 14 heavy (non-hydrogen) atoms. The summed E-state index contributed by atoms with van der Waals surface area (Å²) in [5.74, 6) is 0.880. The maximum absolute atomic E-state index is 11.6. The number of rotatable bonds is 4. The molecule has 1 aromatic carbocycles. The van der Waals surface area contributed by atoms with Crippen molar-refractivity contribution in [3.8, 4) is 0 Å². The molecule has 0 atom stereocenters. The van der Waals surface area contributed by atoms with Crippen LogP contribution in [-0.2, 0) is 0 Å². The van der Waals surface area contributed by atoms with Crippen LogP contribution in [0.15, 0.2) is 29.2 Å². The van der Waals surface area contributed by atoms with E-state index in [0.717, 1.165) is 5.75 Å². The average Bonchev–Trinajstić information content (AvgIpc) is 2.18. The van der Waals surface area contributed by atoms with Gasteiger partial charge in [-0.05, 0) is 18.4 Å². The minimum absolute atomic E-state index is 0.0512. The Hall–Kier alpha value is -0.610. The number of hydrogen-bond donors (Lipinski definition) is 2. The van der Waals surface area contributed by atoms with Crippen LogP contribution in [0.4, 0.5) is 0 Å². The minimum Gasteiger partial charge on any atom is -0.351 e. The van der Waals surface area contributed by atoms with E-state index >= 15 is 0 Å². The van der Waals surface area contributed by atoms with Gasteiger partial charge in [-0.25, -0.2) is 0 Å². The molecule has 0 saturated carbocycles. The second kappa shape index (κ2) is 5.98. The number of thioether (sulfide) groups is 1. The van der Waals surface area contributed by atoms with Crippen LogP contribution in [0.2, 0.25) is 0 Å². The molecule has 76 valence electrons. The van der Waals surface area contributed by atoms with E-state index in [4.69, 9.17) is 0 Å². The molecule has 0 spiro atoms. The van der Waals surface area contributed by atoms with E-state index in [1.165, 1.54) is 0 Å². The summed E-state index contributed by atoms with van der Waals surface area (Å²) in [5, 5.41) is 2.83. The fourth-order valence-electron chi connectivity index (χ4n) is 1.03. The Morgan fingerprint density at radius 1 is 1.50 bits per heavy atom. The number of hydrogen-bond acceptors (Lipinski definition) is 3. The first-order valence-electron chi connectivity index (χ1n) is 4.31. The lowest BCUT2D eigenvalue weighted by molar-refractivity contribution is 0.0953. The molecule has 0 bridgehead atoms. The molecule has 1 amide bonds. The number of carbonyl (C=O) groups excluding carboxylic acids is 1. The van der Waals surface area contributed by atoms with Crippen LogP contribution < -0.4 is 5.32 Å². The number of benzene rings is 1. The van der Waals surface area contributed by atoms with E-state index in [1.807, 2.05) is 24.5 Å². The van der Waals surface area contributed by atoms with Gasteiger partial charge in [-0.2, -0.15) is 11.8 Å². The van der Waals surface area contributed by atoms with Crippen molar-refractivity contribution >= 4 is 30.3 Å². The van der Waals surface area contributed by atoms with Crippen molar-refractivity contribution in [1.82, 2.24) is 5.32 Å². The summed E-state index contributed by atoms with van der Waals surface area (Å²) < 4.78 is 0. The monoisotopic (exact) mass is 227 g/mol. The molecule has 4 heteroatoms. The van der Waals surface area contributed by atoms with Crippen molar-refractivity contribution < 1.29 is 4.79 Å². The Labute approximate surface area is 93.9 Å². The molecular weight excluding hydrogens is 214 g/mol. The third kappa shape index (κ3) is 3.27. The maximum Gasteiger partial charge on any atom is 0.252 e. The van der Waals surface area contributed by atoms with E-state index in [1.54, 1.807) is 17.8 Å². The zero-order valence-corrected chi connectivity index (χ0v) is 9.70. The lowest BCUT2D eigenvalue weighted by Crippen LogP contribution is -2.25. The largest absolute Gasteiger partial charge is 0.351 e. The second-order valence-corrected chi connectivity index (χ2v) is 4.23. The van der Waals surface area contributed by atoms with Gasteiger partial charge in [-0.1, -0.05) is 12.1 Å². The zero-order valence-electron chi connectivity index (χ0n) is 7.99. The first-order valence-corrected chi connectivity index (χ1v) is 6.15. The number of thiol groups is 1. The van der Waals surface area contributed by atoms with Gasteiger partial charge in [0.2, 0.25) is 0 Å². The summed E-state index contributed by atoms with van der Waals surface area (Å²) in [6.45, 7) is 0.697. The topological polar surface area (TPSA) is 29.1 Å². The summed E-state index contributed by atoms with van der Waals surface area (Å²) in [7, 11) is 0. The fourth-order valence-corrected chi connectivity index (χ4v) is 1.60. The fraction of sp³-hybridized carbons (Fsp3) is 0.300. The maximum atomic E-state index is 11.6. The van der Waals surface area contributed by atoms with E-state index in [9.17, 15) is 4.79 Å². The highest BCUT2D eigenvalue weighted by atomic mass is 32.2. The molecular formula is C10H13NOS2. The number of amides is 1. The third-order valence-electron chi connectivity index (χ3n) is 1.74. The molecule has 1 rings (SSSR count). The van der Waals surface area contributed by atoms with E-state index in [-0.39, 0.29) is 5.91 Å². The van der Waals surface area contributed by atoms with Gasteiger partial charge in [-0.15, -0.1) is 12.6 Å². The Bertz CT molecular complexity index is 315. The van der Waals surface area contributed by atoms with Gasteiger partial charge < -0.3 is 5.32 Å². The van der Waals surface area contributed by atoms with Crippen molar-refractivity contribution in [2.45, 2.75) is 4.90 Å². The summed E-state index contributed by atoms with van der Waals surface area (Å²) in [5.41, 5.74) is 0.636. The van der Waals surface area contributed by atoms with Gasteiger partial charge in [0.25, 0.3) is 5.91 Å². The molecule has 0 aliphatic heterocycles. The third-order valence-corrected chi connectivity index (χ3v) is 2.74. The van der Waals surface area contributed by atoms with Crippen molar-refractivity contribution in [3.05, 3.63) is 29.8 Å². The molecule has 0 saturated heterocycles. The molecule has 0 unspecified atom stereocenters. The van der Waals surface area contributed by atoms with Crippen LogP contribution in [0.1, 0.15) is 10.4 Å². The normalized spacial score (nSPS) is 9.86. The van der Waals surface area contributed by atoms with Gasteiger partial charge in [0.05, 0.1) is 5.56 Å². The SMILES string of the molecule is CSCCNC(=O)c1ccccc1S. The van der Waals surface area contributed by atoms with Crippen LogP contribution in [0.25, 0.3) is 0 Å². The van der Waals surface area contributed by atoms with E-state index in [2.05, 4.69) is 17.9 Å². The first-order chi connectivity index (χ1) is 6.75. The summed E-state index contributed by atoms with van der Waals surface area (Å²) in [6, 6.07) is 7.29. The van der Waals surface area contributed by atoms with Crippen LogP contribution in [0.5, 0.6) is 0 Å². The molecule has 1 aromatic rings. The number of nitrogens with one attached hydrogen (secondary N) is 1. The molecule has 1 N–H and O–H groups in total. The van der Waals surface area contributed by atoms with Crippen molar-refractivity contribution in [2.24, 2.45) is 0 Å². The van der Waals surface area contributed by atoms with Gasteiger partial charge in [-0.3, -0.25) is 4.79 Å². The highest BCUT2D eigenvalue weighted by Crippen LogP contribution is 2.12. The molecule has 0 aliphatic rings. The summed E-state index contributed by atoms with van der Waals surface area (Å²) in [4.78, 5) is 12.3. The standard InChI is InChI=1S/C10H13NOS2/c1-14-7-6-11-10(12)8-4-2-3-5-9(8)13/h2-5,13H,6-7H2,1H3,(H,11,12). The molecule has 0 radical (unpaired) electrons. The minimum atomic E-state index is -0.0512. The predicted molar refractivity (Wildman–Crippen MR) is 64.4 cm³/mol. The van der Waals surface area contributed by atoms with E-state index in [0.29, 0.717) is 17.0 Å². The van der Waals surface area contributed by atoms with Gasteiger partial charge >= 0.3 is 0 Å². The molecule has 0 aromatic heterocycles. The van der Waals surface area contributed by atoms with Crippen molar-refractivity contribution in [2.75, 3.05) is 18.6 Å². The van der Waals surface area contributed by atoms with E-state index < -0.39 is 0 Å². The Morgan fingerprint density at radius 2 is 2.21 bits per heavy atom. The van der Waals surface area contributed by atoms with Crippen molar-refractivity contribution in [3.63, 3.8) is 0 Å². The van der Waals surface area contributed by atoms with Crippen LogP contribution >= 0.6 is 24.4 Å². The first kappa shape index (κ1) is 11.5. The second-order valence-electron chi connectivity index (χ2n) is 2.77. The quantitative estimate of drug-likeness (QED) is 0.609. The highest BCUT2D eigenvalue weighted by molar-refractivity contribution is 7.98. The molecule has 0 aliphatic carbocycles. The van der Waals surface area contributed by atoms with Crippen molar-refractivity contribution in [1.29, 1.82) is 0 Å². The molecule has 0 fully saturated rings. The lowest BCUT2D eigenvalue weighted by atomic mass is 10.2. The van der Waals surface area contributed by atoms with Crippen LogP contribution in [0.3, 0.4) is 0 Å². The Kier molecular flexibility index (Phi) is 4.90. The highest BCUT2D eigenvalue weighted by Gasteiger charge is 2.06. The smallest absolute Gasteiger partial charge is 0.252 e. The van der Waals surface area contributed by atoms with Gasteiger partial charge in [0, 0.05) is 17.2 Å². The van der Waals surface area contributed by atoms with Crippen LogP contribution in [-0.4, -0.2) is 24.5 Å². The predicted octanol–water partition coefficient (Wildman–Crippen LogP) is 2.07. The van der Waals surface area contributed by atoms with Crippen LogP contribution in [0, 0.1) is 0 Å². The van der Waals surface area contributed by atoms with Gasteiger partial charge in [0.1, 0.15) is 0 Å². The van der Waals surface area contributed by atoms with Gasteiger partial charge in [0.15, 0.2) is 0 Å². The molecule has 2 nitrogen and oxygen atoms in total. The summed E-state index contributed by atoms with van der Waals surface area (Å²) >= 11 is 5.93. The zero-order chi connectivity index (χ0) is 10.4. The Balaban J connectivity index is 2.56. The molecule has 0 heterocycles.